The van der Waals surface area contributed by atoms with Crippen molar-refractivity contribution in [3.8, 4) is 11.5 Å². The molecule has 104 valence electrons. The van der Waals surface area contributed by atoms with E-state index in [1.165, 1.54) is 12.5 Å². The van der Waals surface area contributed by atoms with E-state index in [4.69, 9.17) is 23.4 Å². The molecule has 1 rings (SSSR count). The fourth-order valence-electron chi connectivity index (χ4n) is 1.24. The van der Waals surface area contributed by atoms with Crippen LogP contribution in [0.5, 0.6) is 11.5 Å². The van der Waals surface area contributed by atoms with Crippen molar-refractivity contribution in [2.24, 2.45) is 0 Å². The highest BCUT2D eigenvalue weighted by molar-refractivity contribution is 5.34. The Kier molecular flexibility index (Phi) is 7.29. The van der Waals surface area contributed by atoms with Gasteiger partial charge in [0.2, 0.25) is 0 Å². The third-order valence-corrected chi connectivity index (χ3v) is 2.01. The third-order valence-electron chi connectivity index (χ3n) is 2.01. The fraction of sp³-hybridized carbons (Fsp3) is 0.615. The zero-order valence-electron chi connectivity index (χ0n) is 11.2. The molecule has 0 aromatic carbocycles. The second kappa shape index (κ2) is 8.83. The highest BCUT2D eigenvalue weighted by atomic mass is 16.6. The van der Waals surface area contributed by atoms with Crippen LogP contribution in [0.4, 0.5) is 0 Å². The van der Waals surface area contributed by atoms with Gasteiger partial charge in [-0.2, -0.15) is 6.92 Å². The predicted molar refractivity (Wildman–Crippen MR) is 66.7 cm³/mol. The SMILES string of the molecule is C[CH-]OCCOc1cocc1OCCOC(C)C. The maximum absolute atomic E-state index is 5.49. The predicted octanol–water partition coefficient (Wildman–Crippen LogP) is 2.66. The monoisotopic (exact) mass is 257 g/mol. The van der Waals surface area contributed by atoms with Crippen LogP contribution in [0.25, 0.3) is 0 Å². The zero-order chi connectivity index (χ0) is 13.2. The average Bonchev–Trinajstić information content (AvgIpc) is 2.78. The molecule has 0 fully saturated rings. The van der Waals surface area contributed by atoms with Gasteiger partial charge in [-0.1, -0.05) is 0 Å². The molecule has 5 heteroatoms. The van der Waals surface area contributed by atoms with E-state index in [1.807, 2.05) is 20.8 Å². The summed E-state index contributed by atoms with van der Waals surface area (Å²) in [7, 11) is 0. The molecule has 0 N–H and O–H groups in total. The van der Waals surface area contributed by atoms with Crippen LogP contribution in [0, 0.1) is 6.61 Å². The molecule has 5 nitrogen and oxygen atoms in total. The molecule has 0 spiro atoms. The second-order valence-electron chi connectivity index (χ2n) is 3.82. The molecule has 0 saturated heterocycles. The highest BCUT2D eigenvalue weighted by Gasteiger charge is 2.07. The van der Waals surface area contributed by atoms with E-state index in [1.54, 1.807) is 6.61 Å². The van der Waals surface area contributed by atoms with Crippen molar-refractivity contribution in [3.05, 3.63) is 19.1 Å². The van der Waals surface area contributed by atoms with E-state index in [0.717, 1.165) is 0 Å². The number of rotatable bonds is 10. The van der Waals surface area contributed by atoms with Gasteiger partial charge in [-0.05, 0) is 13.8 Å². The Morgan fingerprint density at radius 2 is 1.67 bits per heavy atom. The maximum Gasteiger partial charge on any atom is 0.199 e. The number of hydrogen-bond donors (Lipinski definition) is 0. The summed E-state index contributed by atoms with van der Waals surface area (Å²) < 4.78 is 26.4. The van der Waals surface area contributed by atoms with Gasteiger partial charge in [-0.3, -0.25) is 0 Å². The number of furan rings is 1. The van der Waals surface area contributed by atoms with E-state index in [2.05, 4.69) is 0 Å². The maximum atomic E-state index is 5.49. The third kappa shape index (κ3) is 5.93. The lowest BCUT2D eigenvalue weighted by Crippen LogP contribution is -2.11. The van der Waals surface area contributed by atoms with Crippen LogP contribution >= 0.6 is 0 Å². The molecule has 0 atom stereocenters. The Balaban J connectivity index is 2.22. The molecule has 0 radical (unpaired) electrons. The summed E-state index contributed by atoms with van der Waals surface area (Å²) in [4.78, 5) is 0. The summed E-state index contributed by atoms with van der Waals surface area (Å²) in [6.07, 6.45) is 3.22. The van der Waals surface area contributed by atoms with Crippen LogP contribution in [0.3, 0.4) is 0 Å². The Labute approximate surface area is 108 Å². The summed E-state index contributed by atoms with van der Waals surface area (Å²) in [5.74, 6) is 1.17. The minimum atomic E-state index is 0.205. The zero-order valence-corrected chi connectivity index (χ0v) is 11.2. The van der Waals surface area contributed by atoms with Gasteiger partial charge in [0.15, 0.2) is 11.5 Å². The lowest BCUT2D eigenvalue weighted by Gasteiger charge is -2.11. The Morgan fingerprint density at radius 3 is 2.22 bits per heavy atom. The van der Waals surface area contributed by atoms with E-state index in [9.17, 15) is 0 Å². The van der Waals surface area contributed by atoms with Crippen molar-refractivity contribution in [2.45, 2.75) is 26.9 Å². The first kappa shape index (κ1) is 14.9. The second-order valence-corrected chi connectivity index (χ2v) is 3.82. The normalized spacial score (nSPS) is 10.9. The molecule has 18 heavy (non-hydrogen) atoms. The van der Waals surface area contributed by atoms with Gasteiger partial charge in [0.05, 0.1) is 12.7 Å². The van der Waals surface area contributed by atoms with E-state index in [-0.39, 0.29) is 6.10 Å². The number of ether oxygens (including phenoxy) is 4. The Bertz CT molecular complexity index is 308. The summed E-state index contributed by atoms with van der Waals surface area (Å²) in [5.41, 5.74) is 0. The lowest BCUT2D eigenvalue weighted by molar-refractivity contribution is 0.0542. The Hall–Kier alpha value is -1.20. The topological polar surface area (TPSA) is 50.1 Å². The van der Waals surface area contributed by atoms with E-state index in [0.29, 0.717) is 37.9 Å². The molecule has 1 aromatic rings. The molecule has 0 aliphatic carbocycles. The van der Waals surface area contributed by atoms with Gasteiger partial charge in [0, 0.05) is 6.61 Å². The van der Waals surface area contributed by atoms with Gasteiger partial charge in [0.25, 0.3) is 0 Å². The molecule has 0 aliphatic rings. The summed E-state index contributed by atoms with van der Waals surface area (Å²) >= 11 is 0. The van der Waals surface area contributed by atoms with Crippen molar-refractivity contribution in [3.63, 3.8) is 0 Å². The van der Waals surface area contributed by atoms with Crippen LogP contribution < -0.4 is 9.47 Å². The van der Waals surface area contributed by atoms with Gasteiger partial charge >= 0.3 is 0 Å². The van der Waals surface area contributed by atoms with Crippen LogP contribution in [0.15, 0.2) is 16.9 Å². The number of hydrogen-bond acceptors (Lipinski definition) is 5. The molecule has 1 heterocycles. The first-order chi connectivity index (χ1) is 8.74. The standard InChI is InChI=1S/C13H21O5/c1-4-14-5-6-17-12-9-15-10-13(12)18-8-7-16-11(2)3/h4,9-11H,5-8H2,1-3H3/q-1. The molecular weight excluding hydrogens is 236 g/mol. The lowest BCUT2D eigenvalue weighted by atomic mass is 10.5. The van der Waals surface area contributed by atoms with Crippen molar-refractivity contribution in [1.82, 2.24) is 0 Å². The summed E-state index contributed by atoms with van der Waals surface area (Å²) in [6, 6.07) is 0. The van der Waals surface area contributed by atoms with Gasteiger partial charge in [-0.25, -0.2) is 6.61 Å². The fourth-order valence-corrected chi connectivity index (χ4v) is 1.24. The van der Waals surface area contributed by atoms with E-state index >= 15 is 0 Å². The molecular formula is C13H21O5-. The van der Waals surface area contributed by atoms with Crippen LogP contribution in [-0.4, -0.2) is 32.5 Å². The van der Waals surface area contributed by atoms with Crippen LogP contribution in [0.2, 0.25) is 0 Å². The molecule has 0 bridgehead atoms. The van der Waals surface area contributed by atoms with Gasteiger partial charge < -0.3 is 23.4 Å². The van der Waals surface area contributed by atoms with Gasteiger partial charge in [-0.15, -0.1) is 0 Å². The van der Waals surface area contributed by atoms with Crippen molar-refractivity contribution in [2.75, 3.05) is 26.4 Å². The average molecular weight is 257 g/mol. The Morgan fingerprint density at radius 1 is 1.06 bits per heavy atom. The van der Waals surface area contributed by atoms with Crippen molar-refractivity contribution >= 4 is 0 Å². The first-order valence-corrected chi connectivity index (χ1v) is 6.07. The highest BCUT2D eigenvalue weighted by Crippen LogP contribution is 2.28. The van der Waals surface area contributed by atoms with Crippen LogP contribution in [-0.2, 0) is 9.47 Å². The molecule has 0 unspecified atom stereocenters. The summed E-state index contributed by atoms with van der Waals surface area (Å²) in [5, 5.41) is 0. The van der Waals surface area contributed by atoms with Crippen molar-refractivity contribution in [1.29, 1.82) is 0 Å². The minimum absolute atomic E-state index is 0.205. The molecule has 1 aromatic heterocycles. The van der Waals surface area contributed by atoms with Crippen LogP contribution in [0.1, 0.15) is 20.8 Å². The van der Waals surface area contributed by atoms with E-state index < -0.39 is 0 Å². The first-order valence-electron chi connectivity index (χ1n) is 6.07. The molecule has 0 aliphatic heterocycles. The van der Waals surface area contributed by atoms with Crippen molar-refractivity contribution < 1.29 is 23.4 Å². The quantitative estimate of drug-likeness (QED) is 0.476. The molecule has 0 amide bonds. The van der Waals surface area contributed by atoms with Gasteiger partial charge in [0.1, 0.15) is 25.7 Å². The largest absolute Gasteiger partial charge is 0.550 e. The summed E-state index contributed by atoms with van der Waals surface area (Å²) in [6.45, 7) is 9.36. The molecule has 0 saturated carbocycles. The minimum Gasteiger partial charge on any atom is -0.550 e. The smallest absolute Gasteiger partial charge is 0.199 e.